The zero-order valence-corrected chi connectivity index (χ0v) is 10.9. The van der Waals surface area contributed by atoms with Crippen molar-refractivity contribution < 1.29 is 5.11 Å². The van der Waals surface area contributed by atoms with Gasteiger partial charge in [0.2, 0.25) is 0 Å². The molecule has 0 radical (unpaired) electrons. The van der Waals surface area contributed by atoms with Crippen LogP contribution in [-0.4, -0.2) is 44.8 Å². The fraction of sp³-hybridized carbons (Fsp3) is 0.538. The van der Waals surface area contributed by atoms with E-state index >= 15 is 0 Å². The maximum Gasteiger partial charge on any atom is 0.145 e. The molecule has 5 nitrogen and oxygen atoms in total. The second kappa shape index (κ2) is 5.46. The fourth-order valence-corrected chi connectivity index (χ4v) is 2.21. The van der Waals surface area contributed by atoms with Crippen molar-refractivity contribution in [2.45, 2.75) is 32.9 Å². The van der Waals surface area contributed by atoms with E-state index in [2.05, 4.69) is 10.00 Å². The van der Waals surface area contributed by atoms with Gasteiger partial charge in [-0.2, -0.15) is 5.10 Å². The zero-order valence-electron chi connectivity index (χ0n) is 10.9. The highest BCUT2D eigenvalue weighted by atomic mass is 16.3. The van der Waals surface area contributed by atoms with Gasteiger partial charge in [-0.15, -0.1) is 0 Å². The van der Waals surface area contributed by atoms with Crippen molar-refractivity contribution in [3.63, 3.8) is 0 Å². The lowest BCUT2D eigenvalue weighted by atomic mass is 10.2. The van der Waals surface area contributed by atoms with E-state index in [1.165, 1.54) is 0 Å². The summed E-state index contributed by atoms with van der Waals surface area (Å²) in [6.45, 7) is 6.31. The van der Waals surface area contributed by atoms with Gasteiger partial charge in [-0.1, -0.05) is 6.08 Å². The molecule has 0 aliphatic carbocycles. The lowest BCUT2D eigenvalue weighted by Crippen LogP contribution is -2.21. The van der Waals surface area contributed by atoms with Gasteiger partial charge < -0.3 is 5.11 Å². The molecule has 1 aromatic rings. The smallest absolute Gasteiger partial charge is 0.145 e. The zero-order chi connectivity index (χ0) is 13.1. The molecular formula is C13H20N4O. The van der Waals surface area contributed by atoms with Crippen molar-refractivity contribution in [3.8, 4) is 0 Å². The first-order chi connectivity index (χ1) is 8.60. The monoisotopic (exact) mass is 248 g/mol. The number of aliphatic hydroxyl groups excluding tert-OH is 1. The number of allylic oxidation sites excluding steroid dienone is 2. The van der Waals surface area contributed by atoms with Gasteiger partial charge in [0.25, 0.3) is 0 Å². The van der Waals surface area contributed by atoms with E-state index in [9.17, 15) is 5.11 Å². The van der Waals surface area contributed by atoms with Crippen molar-refractivity contribution >= 4 is 5.84 Å². The Labute approximate surface area is 107 Å². The minimum atomic E-state index is -0.193. The van der Waals surface area contributed by atoms with Gasteiger partial charge in [0, 0.05) is 31.4 Å². The molecule has 2 rings (SSSR count). The molecule has 1 fully saturated rings. The number of aliphatic hydroxyl groups is 1. The number of hydrogen-bond donors (Lipinski definition) is 2. The number of aryl methyl sites for hydroxylation is 1. The van der Waals surface area contributed by atoms with Gasteiger partial charge >= 0.3 is 0 Å². The molecule has 18 heavy (non-hydrogen) atoms. The Balaban J connectivity index is 2.07. The summed E-state index contributed by atoms with van der Waals surface area (Å²) in [5, 5.41) is 21.7. The summed E-state index contributed by atoms with van der Waals surface area (Å²) in [6, 6.07) is 0. The highest BCUT2D eigenvalue weighted by Gasteiger charge is 2.21. The van der Waals surface area contributed by atoms with Crippen LogP contribution in [0.25, 0.3) is 0 Å². The normalized spacial score (nSPS) is 20.9. The molecular weight excluding hydrogens is 228 g/mol. The van der Waals surface area contributed by atoms with E-state index < -0.39 is 0 Å². The summed E-state index contributed by atoms with van der Waals surface area (Å²) in [7, 11) is 0. The summed E-state index contributed by atoms with van der Waals surface area (Å²) in [5.74, 6) is 0.369. The average Bonchev–Trinajstić information content (AvgIpc) is 2.87. The summed E-state index contributed by atoms with van der Waals surface area (Å²) < 4.78 is 1.59. The first-order valence-corrected chi connectivity index (χ1v) is 6.27. The van der Waals surface area contributed by atoms with Crippen molar-refractivity contribution in [3.05, 3.63) is 29.6 Å². The Morgan fingerprint density at radius 3 is 3.06 bits per heavy atom. The molecule has 0 amide bonds. The Morgan fingerprint density at radius 1 is 1.67 bits per heavy atom. The van der Waals surface area contributed by atoms with E-state index in [-0.39, 0.29) is 6.10 Å². The van der Waals surface area contributed by atoms with Gasteiger partial charge in [0.15, 0.2) is 0 Å². The van der Waals surface area contributed by atoms with Gasteiger partial charge in [0.1, 0.15) is 5.84 Å². The maximum atomic E-state index is 9.50. The third-order valence-corrected chi connectivity index (χ3v) is 3.21. The Hall–Kier alpha value is -1.46. The SMILES string of the molecule is C/C=C\C(=N)n1cc(CN2CC[C@@H](O)C2)c(C)n1. The Morgan fingerprint density at radius 2 is 2.44 bits per heavy atom. The standard InChI is InChI=1S/C13H20N4O/c1-3-4-13(14)17-8-11(10(2)15-17)7-16-6-5-12(18)9-16/h3-4,8,12,14,18H,5-7,9H2,1-2H3/b4-3-,14-13?/t12-/m1/s1. The van der Waals surface area contributed by atoms with Crippen LogP contribution in [0.1, 0.15) is 24.6 Å². The van der Waals surface area contributed by atoms with Crippen LogP contribution in [0.5, 0.6) is 0 Å². The highest BCUT2D eigenvalue weighted by molar-refractivity contribution is 5.91. The molecule has 98 valence electrons. The molecule has 1 atom stereocenters. The highest BCUT2D eigenvalue weighted by Crippen LogP contribution is 2.15. The molecule has 0 spiro atoms. The van der Waals surface area contributed by atoms with Crippen LogP contribution in [0.2, 0.25) is 0 Å². The molecule has 0 saturated carbocycles. The van der Waals surface area contributed by atoms with E-state index in [0.29, 0.717) is 5.84 Å². The van der Waals surface area contributed by atoms with Crippen LogP contribution >= 0.6 is 0 Å². The predicted molar refractivity (Wildman–Crippen MR) is 70.8 cm³/mol. The number of nitrogens with zero attached hydrogens (tertiary/aromatic N) is 3. The second-order valence-electron chi connectivity index (χ2n) is 4.75. The predicted octanol–water partition coefficient (Wildman–Crippen LogP) is 1.16. The molecule has 1 aliphatic rings. The molecule has 0 unspecified atom stereocenters. The van der Waals surface area contributed by atoms with Crippen molar-refractivity contribution in [1.82, 2.24) is 14.7 Å². The third-order valence-electron chi connectivity index (χ3n) is 3.21. The minimum Gasteiger partial charge on any atom is -0.392 e. The van der Waals surface area contributed by atoms with Crippen LogP contribution in [0.4, 0.5) is 0 Å². The topological polar surface area (TPSA) is 65.1 Å². The molecule has 0 bridgehead atoms. The molecule has 1 aliphatic heterocycles. The van der Waals surface area contributed by atoms with E-state index in [0.717, 1.165) is 37.3 Å². The van der Waals surface area contributed by atoms with E-state index in [1.54, 1.807) is 10.8 Å². The fourth-order valence-electron chi connectivity index (χ4n) is 2.21. The van der Waals surface area contributed by atoms with Gasteiger partial charge in [-0.05, 0) is 26.3 Å². The van der Waals surface area contributed by atoms with Crippen molar-refractivity contribution in [2.75, 3.05) is 13.1 Å². The lowest BCUT2D eigenvalue weighted by Gasteiger charge is -2.13. The first-order valence-electron chi connectivity index (χ1n) is 6.27. The molecule has 5 heteroatoms. The number of rotatable bonds is 3. The van der Waals surface area contributed by atoms with Crippen molar-refractivity contribution in [1.29, 1.82) is 5.41 Å². The van der Waals surface area contributed by atoms with E-state index in [4.69, 9.17) is 5.41 Å². The van der Waals surface area contributed by atoms with Crippen LogP contribution < -0.4 is 0 Å². The number of likely N-dealkylation sites (tertiary alicyclic amines) is 1. The van der Waals surface area contributed by atoms with Gasteiger partial charge in [0.05, 0.1) is 11.8 Å². The second-order valence-corrected chi connectivity index (χ2v) is 4.75. The Bertz CT molecular complexity index is 464. The molecule has 2 N–H and O–H groups in total. The number of hydrogen-bond acceptors (Lipinski definition) is 4. The summed E-state index contributed by atoms with van der Waals surface area (Å²) in [5.41, 5.74) is 2.07. The summed E-state index contributed by atoms with van der Waals surface area (Å²) >= 11 is 0. The number of aromatic nitrogens is 2. The molecule has 0 aromatic carbocycles. The summed E-state index contributed by atoms with van der Waals surface area (Å²) in [4.78, 5) is 2.22. The maximum absolute atomic E-state index is 9.50. The molecule has 1 saturated heterocycles. The van der Waals surface area contributed by atoms with Crippen molar-refractivity contribution in [2.24, 2.45) is 0 Å². The largest absolute Gasteiger partial charge is 0.392 e. The van der Waals surface area contributed by atoms with Crippen LogP contribution in [0, 0.1) is 12.3 Å². The first kappa shape index (κ1) is 13.0. The Kier molecular flexibility index (Phi) is 3.93. The average molecular weight is 248 g/mol. The van der Waals surface area contributed by atoms with Crippen LogP contribution in [0.3, 0.4) is 0 Å². The van der Waals surface area contributed by atoms with Gasteiger partial charge in [-0.25, -0.2) is 4.68 Å². The lowest BCUT2D eigenvalue weighted by molar-refractivity contribution is 0.174. The number of nitrogens with one attached hydrogen (secondary N) is 1. The number of β-amino-alcohol motifs (C(OH)–C–C–N with tert-alkyl or cyclic N) is 1. The summed E-state index contributed by atoms with van der Waals surface area (Å²) in [6.07, 6.45) is 6.11. The quantitative estimate of drug-likeness (QED) is 0.623. The van der Waals surface area contributed by atoms with Gasteiger partial charge in [-0.3, -0.25) is 10.3 Å². The van der Waals surface area contributed by atoms with E-state index in [1.807, 2.05) is 26.1 Å². The minimum absolute atomic E-state index is 0.193. The van der Waals surface area contributed by atoms with Crippen LogP contribution in [-0.2, 0) is 6.54 Å². The molecule has 1 aromatic heterocycles. The van der Waals surface area contributed by atoms with Crippen LogP contribution in [0.15, 0.2) is 18.3 Å². The molecule has 2 heterocycles. The third kappa shape index (κ3) is 2.86.